The lowest BCUT2D eigenvalue weighted by Gasteiger charge is -2.15. The number of aryl methyl sites for hydroxylation is 1. The van der Waals surface area contributed by atoms with E-state index in [1.165, 1.54) is 37.3 Å². The molecule has 2 aromatic carbocycles. The Morgan fingerprint density at radius 3 is 2.47 bits per heavy atom. The van der Waals surface area contributed by atoms with E-state index in [0.717, 1.165) is 35.4 Å². The molecule has 1 atom stereocenters. The van der Waals surface area contributed by atoms with Crippen molar-refractivity contribution in [3.05, 3.63) is 69.9 Å². The molecular formula is C33H37N5O7S2. The van der Waals surface area contributed by atoms with Crippen molar-refractivity contribution in [1.29, 1.82) is 0 Å². The van der Waals surface area contributed by atoms with Crippen molar-refractivity contribution in [3.8, 4) is 22.9 Å². The maximum atomic E-state index is 13.5. The zero-order valence-corrected chi connectivity index (χ0v) is 28.5. The van der Waals surface area contributed by atoms with Crippen molar-refractivity contribution in [2.75, 3.05) is 32.8 Å². The average molecular weight is 680 g/mol. The molecule has 2 N–H and O–H groups in total. The SMILES string of the molecule is CCOC(=O)c1c(NC(=O)[C@@H](C)Sc2nnc(CNC(=O)c3ccc(OC)c(OC)c3)n2-c2ccc(OCC)cc2)sc2c1CCC2. The van der Waals surface area contributed by atoms with Crippen LogP contribution in [0, 0.1) is 0 Å². The van der Waals surface area contributed by atoms with E-state index in [2.05, 4.69) is 20.8 Å². The minimum Gasteiger partial charge on any atom is -0.494 e. The summed E-state index contributed by atoms with van der Waals surface area (Å²) in [6.45, 7) is 6.27. The van der Waals surface area contributed by atoms with Gasteiger partial charge in [-0.25, -0.2) is 4.79 Å². The number of benzene rings is 2. The van der Waals surface area contributed by atoms with Crippen LogP contribution in [0.15, 0.2) is 47.6 Å². The summed E-state index contributed by atoms with van der Waals surface area (Å²) >= 11 is 2.65. The van der Waals surface area contributed by atoms with Crippen LogP contribution < -0.4 is 24.8 Å². The monoisotopic (exact) mass is 679 g/mol. The minimum absolute atomic E-state index is 0.0537. The molecule has 2 amide bonds. The standard InChI is InChI=1S/C33H37N5O7S2/c1-6-44-22-14-12-21(13-15-22)38-27(18-34-30(40)20-11-16-24(42-4)25(17-20)43-5)36-37-33(38)46-19(3)29(39)35-31-28(32(41)45-7-2)23-9-8-10-26(23)47-31/h11-17,19H,6-10,18H2,1-5H3,(H,34,40)(H,35,39)/t19-/m1/s1. The van der Waals surface area contributed by atoms with E-state index in [0.29, 0.717) is 51.0 Å². The first-order valence-electron chi connectivity index (χ1n) is 15.2. The third-order valence-electron chi connectivity index (χ3n) is 7.45. The fourth-order valence-electron chi connectivity index (χ4n) is 5.18. The quantitative estimate of drug-likeness (QED) is 0.130. The number of hydrogen-bond donors (Lipinski definition) is 2. The number of nitrogens with zero attached hydrogens (tertiary/aromatic N) is 3. The van der Waals surface area contributed by atoms with E-state index in [4.69, 9.17) is 18.9 Å². The number of esters is 1. The highest BCUT2D eigenvalue weighted by molar-refractivity contribution is 8.00. The van der Waals surface area contributed by atoms with Gasteiger partial charge in [-0.1, -0.05) is 11.8 Å². The Hall–Kier alpha value is -4.56. The number of ether oxygens (including phenoxy) is 4. The van der Waals surface area contributed by atoms with Crippen molar-refractivity contribution >= 4 is 45.9 Å². The molecule has 0 bridgehead atoms. The Morgan fingerprint density at radius 1 is 1.00 bits per heavy atom. The number of carbonyl (C=O) groups excluding carboxylic acids is 3. The lowest BCUT2D eigenvalue weighted by molar-refractivity contribution is -0.115. The minimum atomic E-state index is -0.609. The molecule has 0 aliphatic heterocycles. The predicted octanol–water partition coefficient (Wildman–Crippen LogP) is 5.46. The van der Waals surface area contributed by atoms with E-state index in [1.54, 1.807) is 36.6 Å². The second kappa shape index (κ2) is 15.4. The van der Waals surface area contributed by atoms with Gasteiger partial charge in [-0.15, -0.1) is 21.5 Å². The summed E-state index contributed by atoms with van der Waals surface area (Å²) in [7, 11) is 3.03. The maximum Gasteiger partial charge on any atom is 0.341 e. The number of thiophene rings is 1. The molecular weight excluding hydrogens is 643 g/mol. The molecule has 0 unspecified atom stereocenters. The van der Waals surface area contributed by atoms with Gasteiger partial charge in [-0.2, -0.15) is 0 Å². The molecule has 1 aliphatic rings. The number of fused-ring (bicyclic) bond motifs is 1. The average Bonchev–Trinajstić information content (AvgIpc) is 3.78. The molecule has 0 radical (unpaired) electrons. The number of anilines is 1. The lowest BCUT2D eigenvalue weighted by Crippen LogP contribution is -2.25. The Bertz CT molecular complexity index is 1750. The molecule has 248 valence electrons. The molecule has 2 heterocycles. The van der Waals surface area contributed by atoms with Crippen molar-refractivity contribution < 1.29 is 33.3 Å². The van der Waals surface area contributed by atoms with Gasteiger partial charge in [0.25, 0.3) is 5.91 Å². The zero-order chi connectivity index (χ0) is 33.5. The van der Waals surface area contributed by atoms with Crippen LogP contribution in [-0.2, 0) is 28.9 Å². The molecule has 0 spiro atoms. The third-order valence-corrected chi connectivity index (χ3v) is 9.70. The molecule has 0 saturated heterocycles. The van der Waals surface area contributed by atoms with Crippen molar-refractivity contribution in [1.82, 2.24) is 20.1 Å². The van der Waals surface area contributed by atoms with Crippen LogP contribution >= 0.6 is 23.1 Å². The number of thioether (sulfide) groups is 1. The molecule has 1 aliphatic carbocycles. The van der Waals surface area contributed by atoms with E-state index in [-0.39, 0.29) is 25.0 Å². The van der Waals surface area contributed by atoms with Crippen LogP contribution in [0.4, 0.5) is 5.00 Å². The zero-order valence-electron chi connectivity index (χ0n) is 26.9. The van der Waals surface area contributed by atoms with Crippen LogP contribution in [-0.4, -0.2) is 65.2 Å². The summed E-state index contributed by atoms with van der Waals surface area (Å²) < 4.78 is 23.3. The summed E-state index contributed by atoms with van der Waals surface area (Å²) in [6.07, 6.45) is 2.64. The van der Waals surface area contributed by atoms with E-state index in [9.17, 15) is 14.4 Å². The van der Waals surface area contributed by atoms with E-state index < -0.39 is 11.2 Å². The number of carbonyl (C=O) groups is 3. The first-order valence-corrected chi connectivity index (χ1v) is 16.9. The summed E-state index contributed by atoms with van der Waals surface area (Å²) in [5.74, 6) is 1.06. The smallest absolute Gasteiger partial charge is 0.341 e. The van der Waals surface area contributed by atoms with Gasteiger partial charge in [0.05, 0.1) is 44.8 Å². The fraction of sp³-hybridized carbons (Fsp3) is 0.364. The Kier molecular flexibility index (Phi) is 11.0. The van der Waals surface area contributed by atoms with Crippen molar-refractivity contribution in [2.45, 2.75) is 57.0 Å². The Labute approximate surface area is 281 Å². The second-order valence-electron chi connectivity index (χ2n) is 10.4. The number of amides is 2. The molecule has 14 heteroatoms. The molecule has 12 nitrogen and oxygen atoms in total. The van der Waals surface area contributed by atoms with Gasteiger partial charge in [0.2, 0.25) is 5.91 Å². The van der Waals surface area contributed by atoms with Gasteiger partial charge in [-0.3, -0.25) is 14.2 Å². The molecule has 5 rings (SSSR count). The second-order valence-corrected chi connectivity index (χ2v) is 12.9. The van der Waals surface area contributed by atoms with Crippen molar-refractivity contribution in [2.24, 2.45) is 0 Å². The van der Waals surface area contributed by atoms with Crippen LogP contribution in [0.2, 0.25) is 0 Å². The fourth-order valence-corrected chi connectivity index (χ4v) is 7.35. The van der Waals surface area contributed by atoms with Gasteiger partial charge < -0.3 is 29.6 Å². The number of aromatic nitrogens is 3. The number of rotatable bonds is 14. The van der Waals surface area contributed by atoms with Gasteiger partial charge >= 0.3 is 5.97 Å². The van der Waals surface area contributed by atoms with E-state index >= 15 is 0 Å². The normalized spacial score (nSPS) is 12.6. The molecule has 47 heavy (non-hydrogen) atoms. The lowest BCUT2D eigenvalue weighted by atomic mass is 10.1. The number of nitrogens with one attached hydrogen (secondary N) is 2. The van der Waals surface area contributed by atoms with Crippen molar-refractivity contribution in [3.63, 3.8) is 0 Å². The molecule has 0 fully saturated rings. The van der Waals surface area contributed by atoms with Gasteiger partial charge in [-0.05, 0) is 88.1 Å². The van der Waals surface area contributed by atoms with Crippen LogP contribution in [0.25, 0.3) is 5.69 Å². The van der Waals surface area contributed by atoms with Gasteiger partial charge in [0, 0.05) is 16.1 Å². The highest BCUT2D eigenvalue weighted by Crippen LogP contribution is 2.40. The predicted molar refractivity (Wildman–Crippen MR) is 179 cm³/mol. The first kappa shape index (κ1) is 33.8. The largest absolute Gasteiger partial charge is 0.494 e. The van der Waals surface area contributed by atoms with Crippen LogP contribution in [0.3, 0.4) is 0 Å². The topological polar surface area (TPSA) is 143 Å². The van der Waals surface area contributed by atoms with Gasteiger partial charge in [0.15, 0.2) is 22.5 Å². The van der Waals surface area contributed by atoms with Gasteiger partial charge in [0.1, 0.15) is 10.8 Å². The molecule has 4 aromatic rings. The summed E-state index contributed by atoms with van der Waals surface area (Å²) in [5, 5.41) is 15.0. The Morgan fingerprint density at radius 2 is 1.77 bits per heavy atom. The summed E-state index contributed by atoms with van der Waals surface area (Å²) in [4.78, 5) is 40.5. The van der Waals surface area contributed by atoms with E-state index in [1.807, 2.05) is 31.2 Å². The number of methoxy groups -OCH3 is 2. The highest BCUT2D eigenvalue weighted by Gasteiger charge is 2.30. The maximum absolute atomic E-state index is 13.5. The molecule has 0 saturated carbocycles. The highest BCUT2D eigenvalue weighted by atomic mass is 32.2. The molecule has 2 aromatic heterocycles. The number of hydrogen-bond acceptors (Lipinski definition) is 11. The van der Waals surface area contributed by atoms with Crippen LogP contribution in [0.1, 0.15) is 64.2 Å². The third kappa shape index (κ3) is 7.54. The summed E-state index contributed by atoms with van der Waals surface area (Å²) in [5.41, 5.74) is 2.54. The summed E-state index contributed by atoms with van der Waals surface area (Å²) in [6, 6.07) is 12.3. The Balaban J connectivity index is 1.37. The van der Waals surface area contributed by atoms with Crippen LogP contribution in [0.5, 0.6) is 17.2 Å². The first-order chi connectivity index (χ1) is 22.8.